The Bertz CT molecular complexity index is 349. The number of unbranched alkanes of at least 4 members (excludes halogenated alkanes) is 8. The van der Waals surface area contributed by atoms with Gasteiger partial charge in [0.2, 0.25) is 0 Å². The van der Waals surface area contributed by atoms with Crippen molar-refractivity contribution >= 4 is 47.5 Å². The Labute approximate surface area is 160 Å². The van der Waals surface area contributed by atoms with Crippen molar-refractivity contribution in [3.05, 3.63) is 0 Å². The van der Waals surface area contributed by atoms with Crippen LogP contribution in [0.4, 0.5) is 0 Å². The van der Waals surface area contributed by atoms with E-state index in [4.69, 9.17) is 10.8 Å². The second-order valence-corrected chi connectivity index (χ2v) is 5.57. The van der Waals surface area contributed by atoms with E-state index in [1.807, 2.05) is 0 Å². The first-order chi connectivity index (χ1) is 10.5. The molecule has 0 aliphatic rings. The van der Waals surface area contributed by atoms with Gasteiger partial charge in [0.25, 0.3) is 0 Å². The van der Waals surface area contributed by atoms with E-state index in [1.54, 1.807) is 0 Å². The van der Waals surface area contributed by atoms with Crippen molar-refractivity contribution in [3.8, 4) is 0 Å². The monoisotopic (exact) mass is 339 g/mol. The summed E-state index contributed by atoms with van der Waals surface area (Å²) in [6.45, 7) is 2.19. The summed E-state index contributed by atoms with van der Waals surface area (Å²) < 4.78 is 4.52. The zero-order chi connectivity index (χ0) is 16.8. The van der Waals surface area contributed by atoms with Gasteiger partial charge in [-0.15, -0.1) is 0 Å². The molecular weight excluding hydrogens is 309 g/mol. The van der Waals surface area contributed by atoms with Crippen molar-refractivity contribution in [2.75, 3.05) is 0 Å². The van der Waals surface area contributed by atoms with Gasteiger partial charge in [-0.2, -0.15) is 0 Å². The van der Waals surface area contributed by atoms with Crippen LogP contribution in [-0.4, -0.2) is 58.6 Å². The Hall–Kier alpha value is -0.430. The first-order valence-electron chi connectivity index (χ1n) is 8.19. The fourth-order valence-corrected chi connectivity index (χ4v) is 2.07. The molecule has 3 N–H and O–H groups in total. The van der Waals surface area contributed by atoms with Gasteiger partial charge in [-0.25, -0.2) is 0 Å². The van der Waals surface area contributed by atoms with Crippen molar-refractivity contribution in [1.29, 1.82) is 0 Å². The van der Waals surface area contributed by atoms with Gasteiger partial charge < -0.3 is 15.6 Å². The molecule has 0 unspecified atom stereocenters. The summed E-state index contributed by atoms with van der Waals surface area (Å²) in [6.07, 6.45) is 9.92. The standard InChI is InChI=1S/C16H29NO5.Na.H/c1-2-3-4-5-6-7-8-9-10-11-14(18)22-15(19)12-13(17)16(20)21;;/h13H,2-12,17H2,1H3,(H,20,21);;/t13-;;/m0../s1. The molecule has 0 aromatic heterocycles. The van der Waals surface area contributed by atoms with Gasteiger partial charge in [0, 0.05) is 6.42 Å². The molecule has 0 heterocycles. The van der Waals surface area contributed by atoms with Crippen molar-refractivity contribution in [2.24, 2.45) is 5.73 Å². The summed E-state index contributed by atoms with van der Waals surface area (Å²) in [5.74, 6) is -2.77. The first kappa shape index (κ1) is 24.8. The number of esters is 2. The molecule has 0 rings (SSSR count). The molecule has 1 atom stereocenters. The topological polar surface area (TPSA) is 107 Å². The van der Waals surface area contributed by atoms with E-state index in [1.165, 1.54) is 38.5 Å². The van der Waals surface area contributed by atoms with Crippen LogP contribution in [0.5, 0.6) is 0 Å². The van der Waals surface area contributed by atoms with Crippen LogP contribution in [0.2, 0.25) is 0 Å². The second-order valence-electron chi connectivity index (χ2n) is 5.57. The third kappa shape index (κ3) is 16.2. The van der Waals surface area contributed by atoms with Crippen LogP contribution in [0, 0.1) is 0 Å². The van der Waals surface area contributed by atoms with E-state index in [9.17, 15) is 14.4 Å². The Morgan fingerprint density at radius 1 is 0.913 bits per heavy atom. The van der Waals surface area contributed by atoms with E-state index in [0.717, 1.165) is 12.8 Å². The number of carbonyl (C=O) groups is 3. The van der Waals surface area contributed by atoms with E-state index in [2.05, 4.69) is 11.7 Å². The summed E-state index contributed by atoms with van der Waals surface area (Å²) in [6, 6.07) is -1.33. The quantitative estimate of drug-likeness (QED) is 0.230. The third-order valence-corrected chi connectivity index (χ3v) is 3.42. The molecule has 0 amide bonds. The number of ether oxygens (including phenoxy) is 1. The van der Waals surface area contributed by atoms with Crippen LogP contribution in [0.15, 0.2) is 0 Å². The molecule has 0 radical (unpaired) electrons. The number of nitrogens with two attached hydrogens (primary N) is 1. The maximum atomic E-state index is 11.4. The minimum atomic E-state index is -1.33. The molecule has 0 aromatic rings. The molecule has 0 fully saturated rings. The molecule has 23 heavy (non-hydrogen) atoms. The van der Waals surface area contributed by atoms with Crippen molar-refractivity contribution in [3.63, 3.8) is 0 Å². The summed E-state index contributed by atoms with van der Waals surface area (Å²) in [5.41, 5.74) is 5.18. The van der Waals surface area contributed by atoms with Crippen LogP contribution < -0.4 is 5.73 Å². The molecular formula is C16H30NNaO5. The minimum absolute atomic E-state index is 0. The number of carbonyl (C=O) groups excluding carboxylic acids is 2. The van der Waals surface area contributed by atoms with Gasteiger partial charge in [-0.3, -0.25) is 14.4 Å². The molecule has 130 valence electrons. The molecule has 0 aliphatic heterocycles. The van der Waals surface area contributed by atoms with Crippen LogP contribution in [-0.2, 0) is 19.1 Å². The third-order valence-electron chi connectivity index (χ3n) is 3.42. The Morgan fingerprint density at radius 2 is 1.39 bits per heavy atom. The SMILES string of the molecule is CCCCCCCCCCCC(=O)OC(=O)C[C@H](N)C(=O)O.[NaH]. The summed E-state index contributed by atoms with van der Waals surface area (Å²) >= 11 is 0. The number of rotatable bonds is 13. The predicted molar refractivity (Wildman–Crippen MR) is 90.3 cm³/mol. The predicted octanol–water partition coefficient (Wildman–Crippen LogP) is 2.13. The van der Waals surface area contributed by atoms with E-state index in [0.29, 0.717) is 6.42 Å². The van der Waals surface area contributed by atoms with Gasteiger partial charge in [-0.05, 0) is 6.42 Å². The zero-order valence-corrected chi connectivity index (χ0v) is 13.5. The molecule has 6 nitrogen and oxygen atoms in total. The van der Waals surface area contributed by atoms with E-state index < -0.39 is 30.4 Å². The Morgan fingerprint density at radius 3 is 1.87 bits per heavy atom. The number of carboxylic acid groups (broad SMARTS) is 1. The first-order valence-corrected chi connectivity index (χ1v) is 8.19. The number of hydrogen-bond acceptors (Lipinski definition) is 5. The zero-order valence-electron chi connectivity index (χ0n) is 13.5. The molecule has 7 heteroatoms. The van der Waals surface area contributed by atoms with Crippen LogP contribution >= 0.6 is 0 Å². The maximum absolute atomic E-state index is 11.4. The van der Waals surface area contributed by atoms with E-state index in [-0.39, 0.29) is 36.0 Å². The van der Waals surface area contributed by atoms with E-state index >= 15 is 0 Å². The van der Waals surface area contributed by atoms with Crippen LogP contribution in [0.1, 0.15) is 77.6 Å². The molecule has 0 aliphatic carbocycles. The average molecular weight is 339 g/mol. The number of carboxylic acids is 1. The van der Waals surface area contributed by atoms with Gasteiger partial charge in [0.1, 0.15) is 6.04 Å². The van der Waals surface area contributed by atoms with Gasteiger partial charge in [0.05, 0.1) is 6.42 Å². The fraction of sp³-hybridized carbons (Fsp3) is 0.812. The molecule has 0 saturated carbocycles. The Balaban J connectivity index is 0. The average Bonchev–Trinajstić information content (AvgIpc) is 2.45. The summed E-state index contributed by atoms with van der Waals surface area (Å²) in [7, 11) is 0. The normalized spacial score (nSPS) is 11.4. The summed E-state index contributed by atoms with van der Waals surface area (Å²) in [5, 5.41) is 8.54. The molecule has 0 aromatic carbocycles. The fourth-order valence-electron chi connectivity index (χ4n) is 2.07. The van der Waals surface area contributed by atoms with Crippen LogP contribution in [0.3, 0.4) is 0 Å². The van der Waals surface area contributed by atoms with Crippen molar-refractivity contribution in [1.82, 2.24) is 0 Å². The van der Waals surface area contributed by atoms with Crippen LogP contribution in [0.25, 0.3) is 0 Å². The molecule has 0 bridgehead atoms. The molecule has 0 saturated heterocycles. The van der Waals surface area contributed by atoms with Gasteiger partial charge in [0.15, 0.2) is 0 Å². The van der Waals surface area contributed by atoms with Crippen molar-refractivity contribution < 1.29 is 24.2 Å². The summed E-state index contributed by atoms with van der Waals surface area (Å²) in [4.78, 5) is 33.1. The number of hydrogen-bond donors (Lipinski definition) is 2. The van der Waals surface area contributed by atoms with Gasteiger partial charge in [-0.1, -0.05) is 58.3 Å². The van der Waals surface area contributed by atoms with Gasteiger partial charge >= 0.3 is 47.5 Å². The second kappa shape index (κ2) is 16.4. The van der Waals surface area contributed by atoms with Crippen molar-refractivity contribution in [2.45, 2.75) is 83.6 Å². The number of aliphatic carboxylic acids is 1. The Kier molecular flexibility index (Phi) is 17.7. The molecule has 0 spiro atoms.